The highest BCUT2D eigenvalue weighted by atomic mass is 35.5. The second kappa shape index (κ2) is 7.58. The van der Waals surface area contributed by atoms with Crippen LogP contribution in [-0.4, -0.2) is 55.5 Å². The molecule has 3 rings (SSSR count). The molecule has 0 N–H and O–H groups in total. The molecule has 0 bridgehead atoms. The zero-order chi connectivity index (χ0) is 18.0. The minimum Gasteiger partial charge on any atom is -0.380 e. The van der Waals surface area contributed by atoms with E-state index in [0.29, 0.717) is 24.7 Å². The highest BCUT2D eigenvalue weighted by Crippen LogP contribution is 2.39. The Kier molecular flexibility index (Phi) is 5.45. The Morgan fingerprint density at radius 1 is 1.40 bits per heavy atom. The van der Waals surface area contributed by atoms with Gasteiger partial charge in [-0.1, -0.05) is 29.8 Å². The topological polar surface area (TPSA) is 49.9 Å². The molecule has 2 amide bonds. The second-order valence-corrected chi connectivity index (χ2v) is 7.08. The van der Waals surface area contributed by atoms with Crippen molar-refractivity contribution < 1.29 is 14.3 Å². The van der Waals surface area contributed by atoms with Crippen LogP contribution in [-0.2, 0) is 14.3 Å². The van der Waals surface area contributed by atoms with Crippen molar-refractivity contribution in [2.75, 3.05) is 33.9 Å². The van der Waals surface area contributed by atoms with Gasteiger partial charge in [0, 0.05) is 38.7 Å². The molecule has 1 saturated heterocycles. The van der Waals surface area contributed by atoms with Crippen molar-refractivity contribution in [3.8, 4) is 0 Å². The van der Waals surface area contributed by atoms with Crippen LogP contribution in [0.3, 0.4) is 0 Å². The number of methoxy groups -OCH3 is 1. The molecule has 2 atom stereocenters. The molecular formula is C19H23ClN2O3. The van der Waals surface area contributed by atoms with Crippen molar-refractivity contribution in [1.29, 1.82) is 0 Å². The van der Waals surface area contributed by atoms with Crippen molar-refractivity contribution in [3.05, 3.63) is 46.5 Å². The first kappa shape index (κ1) is 18.0. The van der Waals surface area contributed by atoms with Crippen molar-refractivity contribution in [2.45, 2.75) is 18.9 Å². The summed E-state index contributed by atoms with van der Waals surface area (Å²) in [7, 11) is 3.43. The molecule has 0 unspecified atom stereocenters. The van der Waals surface area contributed by atoms with Gasteiger partial charge in [0.2, 0.25) is 11.8 Å². The SMILES string of the molecule is COCC1=CCN(C(=O)[C@H]2CC(=O)N(C)[C@@H]2c2cccc(Cl)c2)CC1. The Morgan fingerprint density at radius 3 is 2.84 bits per heavy atom. The van der Waals surface area contributed by atoms with Gasteiger partial charge < -0.3 is 14.5 Å². The van der Waals surface area contributed by atoms with E-state index in [2.05, 4.69) is 6.08 Å². The van der Waals surface area contributed by atoms with Gasteiger partial charge in [0.25, 0.3) is 0 Å². The predicted molar refractivity (Wildman–Crippen MR) is 96.2 cm³/mol. The number of hydrogen-bond donors (Lipinski definition) is 0. The third-order valence-electron chi connectivity index (χ3n) is 5.04. The molecule has 0 aliphatic carbocycles. The van der Waals surface area contributed by atoms with Crippen molar-refractivity contribution >= 4 is 23.4 Å². The Balaban J connectivity index is 1.80. The van der Waals surface area contributed by atoms with Gasteiger partial charge in [-0.3, -0.25) is 9.59 Å². The zero-order valence-electron chi connectivity index (χ0n) is 14.6. The summed E-state index contributed by atoms with van der Waals surface area (Å²) in [4.78, 5) is 28.9. The number of rotatable bonds is 4. The minimum absolute atomic E-state index is 0.00375. The van der Waals surface area contributed by atoms with Crippen LogP contribution < -0.4 is 0 Å². The summed E-state index contributed by atoms with van der Waals surface area (Å²) in [6.45, 7) is 1.86. The van der Waals surface area contributed by atoms with Crippen molar-refractivity contribution in [3.63, 3.8) is 0 Å². The number of likely N-dealkylation sites (tertiary alicyclic amines) is 1. The van der Waals surface area contributed by atoms with E-state index in [-0.39, 0.29) is 30.2 Å². The Labute approximate surface area is 153 Å². The zero-order valence-corrected chi connectivity index (χ0v) is 15.3. The monoisotopic (exact) mass is 362 g/mol. The first-order chi connectivity index (χ1) is 12.0. The predicted octanol–water partition coefficient (Wildman–Crippen LogP) is 2.66. The van der Waals surface area contributed by atoms with Crippen molar-refractivity contribution in [1.82, 2.24) is 9.80 Å². The number of hydrogen-bond acceptors (Lipinski definition) is 3. The van der Waals surface area contributed by atoms with E-state index in [1.165, 1.54) is 5.57 Å². The van der Waals surface area contributed by atoms with Crippen LogP contribution in [0.1, 0.15) is 24.4 Å². The molecule has 2 aliphatic heterocycles. The van der Waals surface area contributed by atoms with E-state index in [1.807, 2.05) is 23.1 Å². The second-order valence-electron chi connectivity index (χ2n) is 6.64. The van der Waals surface area contributed by atoms with Gasteiger partial charge in [0.15, 0.2) is 0 Å². The van der Waals surface area contributed by atoms with Gasteiger partial charge in [0.1, 0.15) is 0 Å². The number of benzene rings is 1. The summed E-state index contributed by atoms with van der Waals surface area (Å²) in [5.41, 5.74) is 2.13. The summed E-state index contributed by atoms with van der Waals surface area (Å²) in [5.74, 6) is -0.334. The number of carbonyl (C=O) groups is 2. The third kappa shape index (κ3) is 3.72. The lowest BCUT2D eigenvalue weighted by Crippen LogP contribution is -2.41. The summed E-state index contributed by atoms with van der Waals surface area (Å²) < 4.78 is 5.16. The molecule has 6 heteroatoms. The third-order valence-corrected chi connectivity index (χ3v) is 5.27. The molecule has 2 heterocycles. The normalized spacial score (nSPS) is 23.8. The standard InChI is InChI=1S/C19H23ClN2O3/c1-21-17(23)11-16(18(21)14-4-3-5-15(20)10-14)19(24)22-8-6-13(7-9-22)12-25-2/h3-6,10,16,18H,7-9,11-12H2,1-2H3/t16-,18+/m0/s1. The molecule has 2 aliphatic rings. The summed E-state index contributed by atoms with van der Waals surface area (Å²) >= 11 is 6.11. The number of nitrogens with zero attached hydrogens (tertiary/aromatic N) is 2. The maximum atomic E-state index is 13.1. The van der Waals surface area contributed by atoms with Gasteiger partial charge >= 0.3 is 0 Å². The van der Waals surface area contributed by atoms with Gasteiger partial charge in [-0.2, -0.15) is 0 Å². The molecular weight excluding hydrogens is 340 g/mol. The van der Waals surface area contributed by atoms with Crippen LogP contribution in [0.2, 0.25) is 5.02 Å². The molecule has 5 nitrogen and oxygen atoms in total. The number of ether oxygens (including phenoxy) is 1. The fraction of sp³-hybridized carbons (Fsp3) is 0.474. The maximum absolute atomic E-state index is 13.1. The molecule has 25 heavy (non-hydrogen) atoms. The first-order valence-corrected chi connectivity index (χ1v) is 8.86. The lowest BCUT2D eigenvalue weighted by Gasteiger charge is -2.32. The van der Waals surface area contributed by atoms with Gasteiger partial charge in [-0.25, -0.2) is 0 Å². The molecule has 0 radical (unpaired) electrons. The van der Waals surface area contributed by atoms with Crippen LogP contribution >= 0.6 is 11.6 Å². The molecule has 0 saturated carbocycles. The van der Waals surface area contributed by atoms with E-state index < -0.39 is 0 Å². The Hall–Kier alpha value is -1.85. The van der Waals surface area contributed by atoms with E-state index in [1.54, 1.807) is 25.1 Å². The Morgan fingerprint density at radius 2 is 2.20 bits per heavy atom. The molecule has 1 aromatic carbocycles. The number of amides is 2. The highest BCUT2D eigenvalue weighted by molar-refractivity contribution is 6.30. The number of carbonyl (C=O) groups excluding carboxylic acids is 2. The Bertz CT molecular complexity index is 704. The van der Waals surface area contributed by atoms with E-state index in [4.69, 9.17) is 16.3 Å². The van der Waals surface area contributed by atoms with E-state index >= 15 is 0 Å². The highest BCUT2D eigenvalue weighted by Gasteiger charge is 2.44. The van der Waals surface area contributed by atoms with Gasteiger partial charge in [-0.05, 0) is 29.7 Å². The first-order valence-electron chi connectivity index (χ1n) is 8.48. The fourth-order valence-electron chi connectivity index (χ4n) is 3.70. The minimum atomic E-state index is -0.367. The van der Waals surface area contributed by atoms with Crippen LogP contribution in [0.25, 0.3) is 0 Å². The molecule has 1 aromatic rings. The maximum Gasteiger partial charge on any atom is 0.228 e. The summed E-state index contributed by atoms with van der Waals surface area (Å²) in [6, 6.07) is 7.16. The largest absolute Gasteiger partial charge is 0.380 e. The van der Waals surface area contributed by atoms with Crippen LogP contribution in [0.5, 0.6) is 0 Å². The average Bonchev–Trinajstić information content (AvgIpc) is 2.90. The fourth-order valence-corrected chi connectivity index (χ4v) is 3.90. The van der Waals surface area contributed by atoms with Crippen LogP contribution in [0.15, 0.2) is 35.9 Å². The van der Waals surface area contributed by atoms with E-state index in [9.17, 15) is 9.59 Å². The van der Waals surface area contributed by atoms with Gasteiger partial charge in [0.05, 0.1) is 18.6 Å². The lowest BCUT2D eigenvalue weighted by molar-refractivity contribution is -0.136. The van der Waals surface area contributed by atoms with Crippen LogP contribution in [0.4, 0.5) is 0 Å². The average molecular weight is 363 g/mol. The molecule has 1 fully saturated rings. The number of halogens is 1. The lowest BCUT2D eigenvalue weighted by atomic mass is 9.92. The van der Waals surface area contributed by atoms with Crippen molar-refractivity contribution in [2.24, 2.45) is 5.92 Å². The molecule has 134 valence electrons. The summed E-state index contributed by atoms with van der Waals surface area (Å²) in [6.07, 6.45) is 3.12. The molecule has 0 aromatic heterocycles. The van der Waals surface area contributed by atoms with E-state index in [0.717, 1.165) is 12.0 Å². The van der Waals surface area contributed by atoms with Gasteiger partial charge in [-0.15, -0.1) is 0 Å². The van der Waals surface area contributed by atoms with Crippen LogP contribution in [0, 0.1) is 5.92 Å². The molecule has 0 spiro atoms. The summed E-state index contributed by atoms with van der Waals surface area (Å²) in [5, 5.41) is 0.613. The quantitative estimate of drug-likeness (QED) is 0.774. The smallest absolute Gasteiger partial charge is 0.228 e.